The van der Waals surface area contributed by atoms with Crippen LogP contribution in [0, 0.1) is 20.8 Å². The molecule has 0 aromatic carbocycles. The van der Waals surface area contributed by atoms with E-state index in [1.54, 1.807) is 11.3 Å². The molecule has 0 aliphatic heterocycles. The van der Waals surface area contributed by atoms with Gasteiger partial charge in [-0.3, -0.25) is 9.36 Å². The van der Waals surface area contributed by atoms with Crippen LogP contribution in [0.3, 0.4) is 0 Å². The first-order valence-corrected chi connectivity index (χ1v) is 13.0. The van der Waals surface area contributed by atoms with Gasteiger partial charge in [0.2, 0.25) is 5.91 Å². The molecule has 1 amide bonds. The third-order valence-corrected chi connectivity index (χ3v) is 8.26. The van der Waals surface area contributed by atoms with Crippen LogP contribution in [0.15, 0.2) is 10.5 Å². The second kappa shape index (κ2) is 10.2. The standard InChI is InChI=1S/C22H28N4O3S3/c1-8-15-14(6)30-9-16(15)19-24-25-22(26(19)11(2)3)31-10-17(27)23-20-18(21(28)29-7)12(4)13(5)32-20/h9,11H,8,10H2,1-7H3,(H,23,27). The number of methoxy groups -OCH3 is 1. The van der Waals surface area contributed by atoms with Gasteiger partial charge in [-0.1, -0.05) is 18.7 Å². The van der Waals surface area contributed by atoms with Gasteiger partial charge in [-0.2, -0.15) is 0 Å². The number of thiophene rings is 2. The SMILES string of the molecule is CCc1c(-c2nnc(SCC(=O)Nc3sc(C)c(C)c3C(=O)OC)n2C(C)C)csc1C. The zero-order valence-corrected chi connectivity index (χ0v) is 21.8. The maximum atomic E-state index is 12.7. The summed E-state index contributed by atoms with van der Waals surface area (Å²) in [6.07, 6.45) is 0.933. The molecule has 0 bridgehead atoms. The number of anilines is 1. The molecule has 0 atom stereocenters. The monoisotopic (exact) mass is 492 g/mol. The van der Waals surface area contributed by atoms with E-state index >= 15 is 0 Å². The van der Waals surface area contributed by atoms with E-state index in [0.29, 0.717) is 15.7 Å². The Bertz CT molecular complexity index is 1140. The first-order chi connectivity index (χ1) is 15.2. The van der Waals surface area contributed by atoms with Crippen molar-refractivity contribution in [3.05, 3.63) is 31.8 Å². The molecule has 3 aromatic heterocycles. The van der Waals surface area contributed by atoms with Crippen LogP contribution >= 0.6 is 34.4 Å². The van der Waals surface area contributed by atoms with Gasteiger partial charge in [0.1, 0.15) is 5.00 Å². The van der Waals surface area contributed by atoms with Gasteiger partial charge in [0.15, 0.2) is 11.0 Å². The normalized spacial score (nSPS) is 11.2. The van der Waals surface area contributed by atoms with Crippen molar-refractivity contribution in [3.63, 3.8) is 0 Å². The molecular weight excluding hydrogens is 464 g/mol. The van der Waals surface area contributed by atoms with Crippen LogP contribution in [0.5, 0.6) is 0 Å². The molecule has 0 aliphatic carbocycles. The fraction of sp³-hybridized carbons (Fsp3) is 0.455. The van der Waals surface area contributed by atoms with Crippen molar-refractivity contribution in [2.24, 2.45) is 0 Å². The number of carbonyl (C=O) groups excluding carboxylic acids is 2. The van der Waals surface area contributed by atoms with Crippen LogP contribution < -0.4 is 5.32 Å². The van der Waals surface area contributed by atoms with Crippen LogP contribution in [-0.2, 0) is 16.0 Å². The van der Waals surface area contributed by atoms with Crippen molar-refractivity contribution in [2.45, 2.75) is 59.2 Å². The van der Waals surface area contributed by atoms with Crippen molar-refractivity contribution in [3.8, 4) is 11.4 Å². The lowest BCUT2D eigenvalue weighted by Gasteiger charge is -2.14. The number of amides is 1. The third kappa shape index (κ3) is 4.77. The number of carbonyl (C=O) groups is 2. The minimum atomic E-state index is -0.447. The molecule has 0 spiro atoms. The van der Waals surface area contributed by atoms with E-state index in [9.17, 15) is 9.59 Å². The highest BCUT2D eigenvalue weighted by atomic mass is 32.2. The Morgan fingerprint density at radius 1 is 1.22 bits per heavy atom. The van der Waals surface area contributed by atoms with E-state index in [-0.39, 0.29) is 17.7 Å². The van der Waals surface area contributed by atoms with Crippen molar-refractivity contribution >= 4 is 51.3 Å². The predicted molar refractivity (Wildman–Crippen MR) is 132 cm³/mol. The van der Waals surface area contributed by atoms with Crippen LogP contribution in [0.25, 0.3) is 11.4 Å². The number of aromatic nitrogens is 3. The van der Waals surface area contributed by atoms with E-state index in [0.717, 1.165) is 28.2 Å². The van der Waals surface area contributed by atoms with Crippen molar-refractivity contribution < 1.29 is 14.3 Å². The third-order valence-electron chi connectivity index (χ3n) is 5.24. The topological polar surface area (TPSA) is 86.1 Å². The number of thioether (sulfide) groups is 1. The maximum absolute atomic E-state index is 12.7. The second-order valence-corrected chi connectivity index (χ2v) is 10.9. The summed E-state index contributed by atoms with van der Waals surface area (Å²) in [5.41, 5.74) is 3.64. The molecular formula is C22H28N4O3S3. The van der Waals surface area contributed by atoms with Gasteiger partial charge in [0.05, 0.1) is 18.4 Å². The number of nitrogens with one attached hydrogen (secondary N) is 1. The quantitative estimate of drug-likeness (QED) is 0.323. The lowest BCUT2D eigenvalue weighted by atomic mass is 10.1. The zero-order valence-electron chi connectivity index (χ0n) is 19.4. The van der Waals surface area contributed by atoms with E-state index < -0.39 is 5.97 Å². The summed E-state index contributed by atoms with van der Waals surface area (Å²) in [6.45, 7) is 12.2. The number of esters is 1. The summed E-state index contributed by atoms with van der Waals surface area (Å²) in [4.78, 5) is 27.1. The molecule has 172 valence electrons. The first-order valence-electron chi connectivity index (χ1n) is 10.3. The molecule has 10 heteroatoms. The second-order valence-electron chi connectivity index (χ2n) is 7.62. The van der Waals surface area contributed by atoms with Gasteiger partial charge >= 0.3 is 5.97 Å². The summed E-state index contributed by atoms with van der Waals surface area (Å²) in [6, 6.07) is 0.143. The Morgan fingerprint density at radius 2 is 1.94 bits per heavy atom. The molecule has 0 fully saturated rings. The molecule has 0 radical (unpaired) electrons. The number of aryl methyl sites for hydroxylation is 2. The van der Waals surface area contributed by atoms with Crippen LogP contribution in [0.2, 0.25) is 0 Å². The van der Waals surface area contributed by atoms with Gasteiger partial charge in [-0.05, 0) is 52.2 Å². The Kier molecular flexibility index (Phi) is 7.79. The molecule has 32 heavy (non-hydrogen) atoms. The molecule has 3 heterocycles. The lowest BCUT2D eigenvalue weighted by Crippen LogP contribution is -2.16. The van der Waals surface area contributed by atoms with Crippen molar-refractivity contribution in [1.82, 2.24) is 14.8 Å². The fourth-order valence-corrected chi connectivity index (χ4v) is 6.36. The molecule has 0 aliphatic rings. The summed E-state index contributed by atoms with van der Waals surface area (Å²) >= 11 is 4.43. The molecule has 3 aromatic rings. The van der Waals surface area contributed by atoms with Gasteiger partial charge in [-0.15, -0.1) is 32.9 Å². The Labute approximate surface area is 200 Å². The maximum Gasteiger partial charge on any atom is 0.341 e. The minimum absolute atomic E-state index is 0.143. The summed E-state index contributed by atoms with van der Waals surface area (Å²) < 4.78 is 6.96. The average Bonchev–Trinajstić information content (AvgIpc) is 3.41. The molecule has 0 saturated heterocycles. The Morgan fingerprint density at radius 3 is 2.56 bits per heavy atom. The van der Waals surface area contributed by atoms with Crippen LogP contribution in [0.4, 0.5) is 5.00 Å². The Hall–Kier alpha value is -2.17. The number of hydrogen-bond donors (Lipinski definition) is 1. The minimum Gasteiger partial charge on any atom is -0.465 e. The molecule has 3 rings (SSSR count). The van der Waals surface area contributed by atoms with Gasteiger partial charge in [-0.25, -0.2) is 4.79 Å². The van der Waals surface area contributed by atoms with E-state index in [2.05, 4.69) is 53.2 Å². The average molecular weight is 493 g/mol. The highest BCUT2D eigenvalue weighted by Gasteiger charge is 2.23. The van der Waals surface area contributed by atoms with Crippen LogP contribution in [-0.4, -0.2) is 39.5 Å². The summed E-state index contributed by atoms with van der Waals surface area (Å²) in [7, 11) is 1.34. The zero-order chi connectivity index (χ0) is 23.6. The molecule has 7 nitrogen and oxygen atoms in total. The van der Waals surface area contributed by atoms with Gasteiger partial charge in [0, 0.05) is 26.7 Å². The number of ether oxygens (including phenoxy) is 1. The first kappa shape index (κ1) is 24.5. The summed E-state index contributed by atoms with van der Waals surface area (Å²) in [5, 5.41) is 15.1. The Balaban J connectivity index is 1.80. The number of rotatable bonds is 8. The summed E-state index contributed by atoms with van der Waals surface area (Å²) in [5.74, 6) is 0.338. The van der Waals surface area contributed by atoms with E-state index in [1.165, 1.54) is 40.6 Å². The lowest BCUT2D eigenvalue weighted by molar-refractivity contribution is -0.113. The van der Waals surface area contributed by atoms with Crippen molar-refractivity contribution in [1.29, 1.82) is 0 Å². The van der Waals surface area contributed by atoms with Gasteiger partial charge < -0.3 is 10.1 Å². The van der Waals surface area contributed by atoms with Gasteiger partial charge in [0.25, 0.3) is 0 Å². The molecule has 0 saturated carbocycles. The number of nitrogens with zero attached hydrogens (tertiary/aromatic N) is 3. The fourth-order valence-electron chi connectivity index (χ4n) is 3.49. The molecule has 0 unspecified atom stereocenters. The predicted octanol–water partition coefficient (Wildman–Crippen LogP) is 5.65. The van der Waals surface area contributed by atoms with E-state index in [1.807, 2.05) is 13.8 Å². The van der Waals surface area contributed by atoms with E-state index in [4.69, 9.17) is 4.74 Å². The van der Waals surface area contributed by atoms with Crippen LogP contribution in [0.1, 0.15) is 58.1 Å². The largest absolute Gasteiger partial charge is 0.465 e. The highest BCUT2D eigenvalue weighted by molar-refractivity contribution is 7.99. The highest BCUT2D eigenvalue weighted by Crippen LogP contribution is 2.35. The smallest absolute Gasteiger partial charge is 0.341 e. The molecule has 1 N–H and O–H groups in total. The van der Waals surface area contributed by atoms with Crippen molar-refractivity contribution in [2.75, 3.05) is 18.2 Å². The number of hydrogen-bond acceptors (Lipinski definition) is 8.